The number of hydrogen-bond acceptors (Lipinski definition) is 3. The van der Waals surface area contributed by atoms with E-state index in [4.69, 9.17) is 0 Å². The Morgan fingerprint density at radius 1 is 1.14 bits per heavy atom. The molecule has 1 aliphatic rings. The Morgan fingerprint density at radius 2 is 1.90 bits per heavy atom. The summed E-state index contributed by atoms with van der Waals surface area (Å²) in [5.41, 5.74) is 2.79. The summed E-state index contributed by atoms with van der Waals surface area (Å²) in [6.07, 6.45) is 5.93. The van der Waals surface area contributed by atoms with Crippen molar-refractivity contribution in [1.29, 1.82) is 0 Å². The zero-order chi connectivity index (χ0) is 14.5. The third-order valence-electron chi connectivity index (χ3n) is 3.96. The maximum absolute atomic E-state index is 12.0. The minimum Gasteiger partial charge on any atom is -0.350 e. The van der Waals surface area contributed by atoms with Crippen molar-refractivity contribution in [3.05, 3.63) is 48.4 Å². The standard InChI is InChI=1S/C17H19N3O/c21-17(14-8-4-5-9-14)18-11-15-10-16(20-12-19-15)13-6-2-1-3-7-13/h1-3,6-7,10,12,14H,4-5,8-9,11H2,(H,18,21). The van der Waals surface area contributed by atoms with Crippen molar-refractivity contribution in [1.82, 2.24) is 15.3 Å². The summed E-state index contributed by atoms with van der Waals surface area (Å²) in [5.74, 6) is 0.354. The second-order valence-corrected chi connectivity index (χ2v) is 5.46. The lowest BCUT2D eigenvalue weighted by Gasteiger charge is -2.10. The van der Waals surface area contributed by atoms with Crippen LogP contribution in [0.5, 0.6) is 0 Å². The van der Waals surface area contributed by atoms with Crippen molar-refractivity contribution in [2.75, 3.05) is 0 Å². The molecule has 4 heteroatoms. The first kappa shape index (κ1) is 13.7. The third kappa shape index (κ3) is 3.45. The number of benzene rings is 1. The van der Waals surface area contributed by atoms with E-state index in [-0.39, 0.29) is 11.8 Å². The molecule has 108 valence electrons. The van der Waals surface area contributed by atoms with Crippen LogP contribution in [0.25, 0.3) is 11.3 Å². The molecule has 4 nitrogen and oxygen atoms in total. The van der Waals surface area contributed by atoms with Crippen molar-refractivity contribution in [3.63, 3.8) is 0 Å². The molecule has 0 saturated heterocycles. The minimum atomic E-state index is 0.160. The Kier molecular flexibility index (Phi) is 4.24. The van der Waals surface area contributed by atoms with E-state index in [9.17, 15) is 4.79 Å². The molecule has 0 bridgehead atoms. The summed E-state index contributed by atoms with van der Waals surface area (Å²) in [7, 11) is 0. The van der Waals surface area contributed by atoms with Gasteiger partial charge < -0.3 is 5.32 Å². The van der Waals surface area contributed by atoms with Crippen LogP contribution in [0, 0.1) is 5.92 Å². The van der Waals surface area contributed by atoms with Gasteiger partial charge in [0, 0.05) is 11.5 Å². The van der Waals surface area contributed by atoms with E-state index in [0.717, 1.165) is 29.8 Å². The monoisotopic (exact) mass is 281 g/mol. The summed E-state index contributed by atoms with van der Waals surface area (Å²) in [4.78, 5) is 20.5. The number of amides is 1. The Labute approximate surface area is 124 Å². The van der Waals surface area contributed by atoms with E-state index in [1.165, 1.54) is 12.8 Å². The molecule has 1 aromatic carbocycles. The van der Waals surface area contributed by atoms with Gasteiger partial charge in [-0.2, -0.15) is 0 Å². The molecular weight excluding hydrogens is 262 g/mol. The molecule has 1 amide bonds. The lowest BCUT2D eigenvalue weighted by molar-refractivity contribution is -0.124. The van der Waals surface area contributed by atoms with Gasteiger partial charge >= 0.3 is 0 Å². The molecule has 2 aromatic rings. The van der Waals surface area contributed by atoms with Crippen LogP contribution < -0.4 is 5.32 Å². The predicted molar refractivity (Wildman–Crippen MR) is 81.3 cm³/mol. The number of carbonyl (C=O) groups excluding carboxylic acids is 1. The first-order valence-corrected chi connectivity index (χ1v) is 7.47. The largest absolute Gasteiger partial charge is 0.350 e. The van der Waals surface area contributed by atoms with Gasteiger partial charge in [0.05, 0.1) is 17.9 Å². The smallest absolute Gasteiger partial charge is 0.223 e. The summed E-state index contributed by atoms with van der Waals surface area (Å²) < 4.78 is 0. The van der Waals surface area contributed by atoms with Crippen molar-refractivity contribution < 1.29 is 4.79 Å². The maximum Gasteiger partial charge on any atom is 0.223 e. The number of hydrogen-bond donors (Lipinski definition) is 1. The SMILES string of the molecule is O=C(NCc1cc(-c2ccccc2)ncn1)C1CCCC1. The van der Waals surface area contributed by atoms with Gasteiger partial charge in [0.2, 0.25) is 5.91 Å². The lowest BCUT2D eigenvalue weighted by Crippen LogP contribution is -2.29. The fourth-order valence-corrected chi connectivity index (χ4v) is 2.77. The molecule has 0 spiro atoms. The Bertz CT molecular complexity index is 606. The van der Waals surface area contributed by atoms with Gasteiger partial charge in [0.1, 0.15) is 6.33 Å². The van der Waals surface area contributed by atoms with Crippen molar-refractivity contribution >= 4 is 5.91 Å². The number of aromatic nitrogens is 2. The molecular formula is C17H19N3O. The predicted octanol–water partition coefficient (Wildman–Crippen LogP) is 2.95. The highest BCUT2D eigenvalue weighted by Gasteiger charge is 2.22. The number of rotatable bonds is 4. The lowest BCUT2D eigenvalue weighted by atomic mass is 10.1. The molecule has 1 aliphatic carbocycles. The summed E-state index contributed by atoms with van der Waals surface area (Å²) in [6.45, 7) is 0.470. The average Bonchev–Trinajstić information content (AvgIpc) is 3.08. The van der Waals surface area contributed by atoms with Gasteiger partial charge in [-0.3, -0.25) is 4.79 Å². The number of carbonyl (C=O) groups is 1. The molecule has 1 N–H and O–H groups in total. The van der Waals surface area contributed by atoms with Gasteiger partial charge in [-0.05, 0) is 18.9 Å². The van der Waals surface area contributed by atoms with Crippen LogP contribution in [0.2, 0.25) is 0 Å². The quantitative estimate of drug-likeness (QED) is 0.937. The molecule has 1 fully saturated rings. The molecule has 0 atom stereocenters. The van der Waals surface area contributed by atoms with Crippen LogP contribution >= 0.6 is 0 Å². The van der Waals surface area contributed by atoms with Crippen LogP contribution in [0.3, 0.4) is 0 Å². The van der Waals surface area contributed by atoms with Gasteiger partial charge in [-0.25, -0.2) is 9.97 Å². The zero-order valence-electron chi connectivity index (χ0n) is 12.0. The third-order valence-corrected chi connectivity index (χ3v) is 3.96. The van der Waals surface area contributed by atoms with Crippen LogP contribution in [0.1, 0.15) is 31.4 Å². The van der Waals surface area contributed by atoms with Crippen LogP contribution in [0.15, 0.2) is 42.7 Å². The fraction of sp³-hybridized carbons (Fsp3) is 0.353. The Hall–Kier alpha value is -2.23. The maximum atomic E-state index is 12.0. The van der Waals surface area contributed by atoms with E-state index in [2.05, 4.69) is 15.3 Å². The van der Waals surface area contributed by atoms with Crippen molar-refractivity contribution in [3.8, 4) is 11.3 Å². The first-order valence-electron chi connectivity index (χ1n) is 7.47. The van der Waals surface area contributed by atoms with Gasteiger partial charge in [0.25, 0.3) is 0 Å². The first-order chi connectivity index (χ1) is 10.3. The second kappa shape index (κ2) is 6.48. The number of nitrogens with zero attached hydrogens (tertiary/aromatic N) is 2. The Morgan fingerprint density at radius 3 is 2.67 bits per heavy atom. The summed E-state index contributed by atoms with van der Waals surface area (Å²) >= 11 is 0. The van der Waals surface area contributed by atoms with E-state index in [1.807, 2.05) is 36.4 Å². The van der Waals surface area contributed by atoms with Crippen molar-refractivity contribution in [2.45, 2.75) is 32.2 Å². The van der Waals surface area contributed by atoms with Gasteiger partial charge in [-0.15, -0.1) is 0 Å². The van der Waals surface area contributed by atoms with Crippen LogP contribution in [-0.2, 0) is 11.3 Å². The van der Waals surface area contributed by atoms with Gasteiger partial charge in [-0.1, -0.05) is 43.2 Å². The molecule has 0 unspecified atom stereocenters. The fourth-order valence-electron chi connectivity index (χ4n) is 2.77. The van der Waals surface area contributed by atoms with Crippen LogP contribution in [0.4, 0.5) is 0 Å². The molecule has 3 rings (SSSR count). The highest BCUT2D eigenvalue weighted by Crippen LogP contribution is 2.24. The number of nitrogens with one attached hydrogen (secondary N) is 1. The normalized spacial score (nSPS) is 15.0. The molecule has 1 saturated carbocycles. The molecule has 1 heterocycles. The molecule has 21 heavy (non-hydrogen) atoms. The van der Waals surface area contributed by atoms with E-state index >= 15 is 0 Å². The molecule has 0 aliphatic heterocycles. The highest BCUT2D eigenvalue weighted by molar-refractivity contribution is 5.78. The molecule has 1 aromatic heterocycles. The van der Waals surface area contributed by atoms with Crippen molar-refractivity contribution in [2.24, 2.45) is 5.92 Å². The van der Waals surface area contributed by atoms with E-state index in [1.54, 1.807) is 6.33 Å². The highest BCUT2D eigenvalue weighted by atomic mass is 16.1. The summed E-state index contributed by atoms with van der Waals surface area (Å²) in [6, 6.07) is 11.9. The molecule has 0 radical (unpaired) electrons. The second-order valence-electron chi connectivity index (χ2n) is 5.46. The Balaban J connectivity index is 1.65. The average molecular weight is 281 g/mol. The topological polar surface area (TPSA) is 54.9 Å². The minimum absolute atomic E-state index is 0.160. The zero-order valence-corrected chi connectivity index (χ0v) is 12.0. The van der Waals surface area contributed by atoms with Gasteiger partial charge in [0.15, 0.2) is 0 Å². The van der Waals surface area contributed by atoms with E-state index < -0.39 is 0 Å². The van der Waals surface area contributed by atoms with E-state index in [0.29, 0.717) is 6.54 Å². The van der Waals surface area contributed by atoms with Crippen LogP contribution in [-0.4, -0.2) is 15.9 Å². The summed E-state index contributed by atoms with van der Waals surface area (Å²) in [5, 5.41) is 2.99.